The quantitative estimate of drug-likeness (QED) is 0.712. The van der Waals surface area contributed by atoms with E-state index in [9.17, 15) is 0 Å². The number of nitrogens with zero attached hydrogens (tertiary/aromatic N) is 2. The van der Waals surface area contributed by atoms with E-state index in [2.05, 4.69) is 9.78 Å². The third-order valence-corrected chi connectivity index (χ3v) is 2.72. The molecule has 1 fully saturated rings. The highest BCUT2D eigenvalue weighted by Crippen LogP contribution is 2.29. The van der Waals surface area contributed by atoms with Gasteiger partial charge in [-0.3, -0.25) is 4.68 Å². The van der Waals surface area contributed by atoms with Gasteiger partial charge in [-0.1, -0.05) is 12.8 Å². The molecule has 3 nitrogen and oxygen atoms in total. The van der Waals surface area contributed by atoms with Crippen LogP contribution in [-0.2, 0) is 11.3 Å². The lowest BCUT2D eigenvalue weighted by Crippen LogP contribution is -2.10. The largest absolute Gasteiger partial charge is 0.378 e. The molecule has 0 amide bonds. The minimum atomic E-state index is 0.625. The second-order valence-corrected chi connectivity index (χ2v) is 3.64. The zero-order valence-electron chi connectivity index (χ0n) is 8.07. The summed E-state index contributed by atoms with van der Waals surface area (Å²) in [7, 11) is 1.73. The summed E-state index contributed by atoms with van der Waals surface area (Å²) in [5, 5.41) is 4.35. The van der Waals surface area contributed by atoms with Crippen LogP contribution >= 0.6 is 0 Å². The molecule has 1 saturated carbocycles. The lowest BCUT2D eigenvalue weighted by Gasteiger charge is -2.13. The van der Waals surface area contributed by atoms with Crippen molar-refractivity contribution < 1.29 is 4.74 Å². The maximum absolute atomic E-state index is 5.13. The lowest BCUT2D eigenvalue weighted by molar-refractivity contribution is 0.174. The fourth-order valence-corrected chi connectivity index (χ4v) is 2.08. The van der Waals surface area contributed by atoms with Crippen molar-refractivity contribution in [3.63, 3.8) is 0 Å². The summed E-state index contributed by atoms with van der Waals surface area (Å²) in [6, 6.07) is 2.67. The van der Waals surface area contributed by atoms with Gasteiger partial charge in [-0.25, -0.2) is 0 Å². The van der Waals surface area contributed by atoms with Crippen molar-refractivity contribution in [2.45, 2.75) is 38.3 Å². The van der Waals surface area contributed by atoms with E-state index in [0.29, 0.717) is 12.6 Å². The van der Waals surface area contributed by atoms with Crippen LogP contribution in [0.15, 0.2) is 12.3 Å². The minimum Gasteiger partial charge on any atom is -0.378 e. The van der Waals surface area contributed by atoms with Crippen LogP contribution in [0.1, 0.15) is 37.4 Å². The van der Waals surface area contributed by atoms with Gasteiger partial charge in [-0.15, -0.1) is 0 Å². The number of methoxy groups -OCH3 is 1. The first-order chi connectivity index (χ1) is 6.42. The summed E-state index contributed by atoms with van der Waals surface area (Å²) in [6.45, 7) is 0.677. The third-order valence-electron chi connectivity index (χ3n) is 2.72. The Bertz CT molecular complexity index is 264. The summed E-state index contributed by atoms with van der Waals surface area (Å²) >= 11 is 0. The topological polar surface area (TPSA) is 27.1 Å². The van der Waals surface area contributed by atoms with Gasteiger partial charge in [0.2, 0.25) is 0 Å². The summed E-state index contributed by atoms with van der Waals surface area (Å²) in [5.41, 5.74) is 1.20. The zero-order valence-corrected chi connectivity index (χ0v) is 8.07. The van der Waals surface area contributed by atoms with Crippen molar-refractivity contribution in [2.24, 2.45) is 0 Å². The highest BCUT2D eigenvalue weighted by atomic mass is 16.5. The fraction of sp³-hybridized carbons (Fsp3) is 0.700. The molecule has 3 heteroatoms. The Balaban J connectivity index is 2.13. The SMILES string of the molecule is COCc1ccnn1C1CCCC1. The number of aromatic nitrogens is 2. The molecule has 0 spiro atoms. The number of rotatable bonds is 3. The standard InChI is InChI=1S/C10H16N2O/c1-13-8-10-6-7-11-12(10)9-4-2-3-5-9/h6-7,9H,2-5,8H2,1H3. The van der Waals surface area contributed by atoms with Gasteiger partial charge in [-0.2, -0.15) is 5.10 Å². The van der Waals surface area contributed by atoms with E-state index in [1.807, 2.05) is 12.3 Å². The fourth-order valence-electron chi connectivity index (χ4n) is 2.08. The number of hydrogen-bond donors (Lipinski definition) is 0. The minimum absolute atomic E-state index is 0.625. The molecule has 13 heavy (non-hydrogen) atoms. The molecule has 0 saturated heterocycles. The van der Waals surface area contributed by atoms with E-state index in [4.69, 9.17) is 4.74 Å². The lowest BCUT2D eigenvalue weighted by atomic mass is 10.2. The molecule has 1 aromatic heterocycles. The molecule has 1 aliphatic carbocycles. The van der Waals surface area contributed by atoms with Crippen LogP contribution in [0.25, 0.3) is 0 Å². The van der Waals surface area contributed by atoms with Crippen molar-refractivity contribution >= 4 is 0 Å². The van der Waals surface area contributed by atoms with E-state index in [1.54, 1.807) is 7.11 Å². The van der Waals surface area contributed by atoms with E-state index in [-0.39, 0.29) is 0 Å². The highest BCUT2D eigenvalue weighted by molar-refractivity contribution is 5.01. The monoisotopic (exact) mass is 180 g/mol. The molecule has 0 unspecified atom stereocenters. The maximum atomic E-state index is 5.13. The first-order valence-corrected chi connectivity index (χ1v) is 4.93. The van der Waals surface area contributed by atoms with Crippen LogP contribution in [0, 0.1) is 0 Å². The van der Waals surface area contributed by atoms with Gasteiger partial charge in [0.25, 0.3) is 0 Å². The van der Waals surface area contributed by atoms with Gasteiger partial charge in [0.15, 0.2) is 0 Å². The number of ether oxygens (including phenoxy) is 1. The molecule has 0 atom stereocenters. The summed E-state index contributed by atoms with van der Waals surface area (Å²) in [4.78, 5) is 0. The molecule has 72 valence electrons. The molecule has 0 radical (unpaired) electrons. The van der Waals surface area contributed by atoms with Gasteiger partial charge >= 0.3 is 0 Å². The van der Waals surface area contributed by atoms with E-state index in [1.165, 1.54) is 31.4 Å². The molecule has 0 N–H and O–H groups in total. The summed E-state index contributed by atoms with van der Waals surface area (Å²) < 4.78 is 7.26. The van der Waals surface area contributed by atoms with E-state index < -0.39 is 0 Å². The molecule has 2 rings (SSSR count). The van der Waals surface area contributed by atoms with E-state index >= 15 is 0 Å². The van der Waals surface area contributed by atoms with Gasteiger partial charge in [0.05, 0.1) is 18.3 Å². The van der Waals surface area contributed by atoms with Gasteiger partial charge in [0.1, 0.15) is 0 Å². The normalized spacial score (nSPS) is 18.2. The smallest absolute Gasteiger partial charge is 0.0881 e. The molecule has 1 aromatic rings. The van der Waals surface area contributed by atoms with Crippen LogP contribution < -0.4 is 0 Å². The zero-order chi connectivity index (χ0) is 9.10. The number of hydrogen-bond acceptors (Lipinski definition) is 2. The molecular formula is C10H16N2O. The Hall–Kier alpha value is -0.830. The Kier molecular flexibility index (Phi) is 2.64. The van der Waals surface area contributed by atoms with Crippen LogP contribution in [0.2, 0.25) is 0 Å². The van der Waals surface area contributed by atoms with Crippen LogP contribution in [0.4, 0.5) is 0 Å². The molecule has 0 aliphatic heterocycles. The van der Waals surface area contributed by atoms with Gasteiger partial charge in [0, 0.05) is 13.3 Å². The predicted octanol–water partition coefficient (Wildman–Crippen LogP) is 2.14. The molecule has 1 heterocycles. The molecule has 1 aliphatic rings. The predicted molar refractivity (Wildman–Crippen MR) is 50.4 cm³/mol. The van der Waals surface area contributed by atoms with E-state index in [0.717, 1.165) is 0 Å². The van der Waals surface area contributed by atoms with Gasteiger partial charge < -0.3 is 4.74 Å². The molecule has 0 bridgehead atoms. The van der Waals surface area contributed by atoms with Gasteiger partial charge in [-0.05, 0) is 18.9 Å². The summed E-state index contributed by atoms with van der Waals surface area (Å²) in [5.74, 6) is 0. The Morgan fingerprint density at radius 2 is 2.31 bits per heavy atom. The Morgan fingerprint density at radius 1 is 1.54 bits per heavy atom. The van der Waals surface area contributed by atoms with Crippen molar-refractivity contribution in [1.82, 2.24) is 9.78 Å². The van der Waals surface area contributed by atoms with Crippen molar-refractivity contribution in [3.05, 3.63) is 18.0 Å². The summed E-state index contributed by atoms with van der Waals surface area (Å²) in [6.07, 6.45) is 7.11. The average molecular weight is 180 g/mol. The third kappa shape index (κ3) is 1.75. The van der Waals surface area contributed by atoms with Crippen LogP contribution in [-0.4, -0.2) is 16.9 Å². The van der Waals surface area contributed by atoms with Crippen LogP contribution in [0.3, 0.4) is 0 Å². The van der Waals surface area contributed by atoms with Crippen LogP contribution in [0.5, 0.6) is 0 Å². The second-order valence-electron chi connectivity index (χ2n) is 3.64. The van der Waals surface area contributed by atoms with Crippen molar-refractivity contribution in [3.8, 4) is 0 Å². The van der Waals surface area contributed by atoms with Crippen molar-refractivity contribution in [2.75, 3.05) is 7.11 Å². The highest BCUT2D eigenvalue weighted by Gasteiger charge is 2.19. The molecule has 0 aromatic carbocycles. The first-order valence-electron chi connectivity index (χ1n) is 4.93. The first kappa shape index (κ1) is 8.75. The second kappa shape index (κ2) is 3.92. The Labute approximate surface area is 78.7 Å². The average Bonchev–Trinajstić information content (AvgIpc) is 2.71. The molecular weight excluding hydrogens is 164 g/mol. The van der Waals surface area contributed by atoms with Crippen molar-refractivity contribution in [1.29, 1.82) is 0 Å². The maximum Gasteiger partial charge on any atom is 0.0881 e. The Morgan fingerprint density at radius 3 is 3.00 bits per heavy atom.